The van der Waals surface area contributed by atoms with Gasteiger partial charge in [0.1, 0.15) is 5.76 Å². The molecule has 1 aromatic heterocycles. The summed E-state index contributed by atoms with van der Waals surface area (Å²) >= 11 is 5.47. The number of carbonyl (C=O) groups is 1. The van der Waals surface area contributed by atoms with Gasteiger partial charge in [-0.1, -0.05) is 18.2 Å². The molecule has 0 amide bonds. The Kier molecular flexibility index (Phi) is 3.59. The maximum atomic E-state index is 11.3. The highest BCUT2D eigenvalue weighted by atomic mass is 35.5. The lowest BCUT2D eigenvalue weighted by atomic mass is 10.2. The van der Waals surface area contributed by atoms with Crippen molar-refractivity contribution < 1.29 is 9.21 Å². The zero-order chi connectivity index (χ0) is 12.3. The van der Waals surface area contributed by atoms with Gasteiger partial charge in [-0.05, 0) is 19.1 Å². The van der Waals surface area contributed by atoms with Gasteiger partial charge in [0.05, 0.1) is 18.0 Å². The zero-order valence-corrected chi connectivity index (χ0v) is 10.2. The molecule has 0 saturated carbocycles. The van der Waals surface area contributed by atoms with Crippen molar-refractivity contribution in [3.05, 3.63) is 41.8 Å². The fourth-order valence-electron chi connectivity index (χ4n) is 1.53. The van der Waals surface area contributed by atoms with Crippen LogP contribution in [-0.2, 0) is 11.2 Å². The molecule has 0 saturated heterocycles. The lowest BCUT2D eigenvalue weighted by Gasteiger charge is -1.92. The van der Waals surface area contributed by atoms with Crippen LogP contribution in [0.3, 0.4) is 0 Å². The van der Waals surface area contributed by atoms with Gasteiger partial charge < -0.3 is 4.42 Å². The van der Waals surface area contributed by atoms with Gasteiger partial charge in [0.15, 0.2) is 5.78 Å². The number of hydrogen-bond acceptors (Lipinski definition) is 3. The van der Waals surface area contributed by atoms with E-state index >= 15 is 0 Å². The number of benzene rings is 1. The van der Waals surface area contributed by atoms with Crippen molar-refractivity contribution in [2.45, 2.75) is 13.3 Å². The summed E-state index contributed by atoms with van der Waals surface area (Å²) in [6, 6.07) is 9.59. The summed E-state index contributed by atoms with van der Waals surface area (Å²) in [4.78, 5) is 15.6. The van der Waals surface area contributed by atoms with E-state index in [0.29, 0.717) is 17.3 Å². The molecule has 0 aliphatic heterocycles. The summed E-state index contributed by atoms with van der Waals surface area (Å²) in [5.74, 6) is 1.16. The number of aryl methyl sites for hydroxylation is 1. The van der Waals surface area contributed by atoms with Crippen LogP contribution in [0.5, 0.6) is 0 Å². The minimum absolute atomic E-state index is 0.00691. The first-order valence-corrected chi connectivity index (χ1v) is 5.83. The van der Waals surface area contributed by atoms with Crippen LogP contribution in [0.25, 0.3) is 11.5 Å². The van der Waals surface area contributed by atoms with Gasteiger partial charge >= 0.3 is 0 Å². The highest BCUT2D eigenvalue weighted by molar-refractivity contribution is 6.27. The van der Waals surface area contributed by atoms with Gasteiger partial charge in [-0.2, -0.15) is 0 Å². The lowest BCUT2D eigenvalue weighted by molar-refractivity contribution is -0.116. The Morgan fingerprint density at radius 1 is 1.35 bits per heavy atom. The fraction of sp³-hybridized carbons (Fsp3) is 0.231. The van der Waals surface area contributed by atoms with Crippen LogP contribution in [0.1, 0.15) is 11.5 Å². The van der Waals surface area contributed by atoms with Crippen LogP contribution >= 0.6 is 11.6 Å². The van der Waals surface area contributed by atoms with Gasteiger partial charge in [0.2, 0.25) is 5.89 Å². The Morgan fingerprint density at radius 3 is 2.71 bits per heavy atom. The predicted molar refractivity (Wildman–Crippen MR) is 66.1 cm³/mol. The van der Waals surface area contributed by atoms with Gasteiger partial charge in [0, 0.05) is 5.56 Å². The molecule has 0 spiro atoms. The van der Waals surface area contributed by atoms with E-state index in [4.69, 9.17) is 16.0 Å². The van der Waals surface area contributed by atoms with E-state index in [1.807, 2.05) is 30.3 Å². The molecule has 0 aliphatic rings. The smallest absolute Gasteiger partial charge is 0.226 e. The number of halogens is 1. The minimum atomic E-state index is -0.0531. The van der Waals surface area contributed by atoms with Crippen molar-refractivity contribution in [2.24, 2.45) is 0 Å². The average molecular weight is 250 g/mol. The first kappa shape index (κ1) is 11.9. The standard InChI is InChI=1S/C13H12ClNO2/c1-9-12(7-11(16)8-14)15-13(17-9)10-5-3-2-4-6-10/h2-6H,7-8H2,1H3. The highest BCUT2D eigenvalue weighted by Gasteiger charge is 2.13. The van der Waals surface area contributed by atoms with Gasteiger partial charge in [-0.15, -0.1) is 11.6 Å². The number of carbonyl (C=O) groups excluding carboxylic acids is 1. The van der Waals surface area contributed by atoms with Crippen molar-refractivity contribution in [3.63, 3.8) is 0 Å². The number of oxazole rings is 1. The number of ketones is 1. The summed E-state index contributed by atoms with van der Waals surface area (Å²) in [7, 11) is 0. The molecule has 0 atom stereocenters. The van der Waals surface area contributed by atoms with Crippen LogP contribution in [0.2, 0.25) is 0 Å². The monoisotopic (exact) mass is 249 g/mol. The average Bonchev–Trinajstić information content (AvgIpc) is 2.72. The van der Waals surface area contributed by atoms with Crippen LogP contribution < -0.4 is 0 Å². The zero-order valence-electron chi connectivity index (χ0n) is 9.44. The quantitative estimate of drug-likeness (QED) is 0.783. The molecule has 1 aromatic carbocycles. The molecule has 0 aliphatic carbocycles. The second-order valence-electron chi connectivity index (χ2n) is 3.74. The number of alkyl halides is 1. The Balaban J connectivity index is 2.28. The summed E-state index contributed by atoms with van der Waals surface area (Å²) in [5, 5.41) is 0. The van der Waals surface area contributed by atoms with E-state index in [9.17, 15) is 4.79 Å². The molecule has 0 fully saturated rings. The van der Waals surface area contributed by atoms with Crippen molar-refractivity contribution in [1.82, 2.24) is 4.98 Å². The first-order chi connectivity index (χ1) is 8.20. The van der Waals surface area contributed by atoms with Crippen LogP contribution in [0.15, 0.2) is 34.7 Å². The fourth-order valence-corrected chi connectivity index (χ4v) is 1.62. The Bertz CT molecular complexity index is 519. The Hall–Kier alpha value is -1.61. The van der Waals surface area contributed by atoms with Gasteiger partial charge in [-0.3, -0.25) is 4.79 Å². The van der Waals surface area contributed by atoms with E-state index < -0.39 is 0 Å². The third kappa shape index (κ3) is 2.74. The van der Waals surface area contributed by atoms with Crippen molar-refractivity contribution in [3.8, 4) is 11.5 Å². The molecular weight excluding hydrogens is 238 g/mol. The maximum absolute atomic E-state index is 11.3. The minimum Gasteiger partial charge on any atom is -0.441 e. The molecule has 0 radical (unpaired) electrons. The number of hydrogen-bond donors (Lipinski definition) is 0. The Morgan fingerprint density at radius 2 is 2.06 bits per heavy atom. The summed E-state index contributed by atoms with van der Waals surface area (Å²) in [5.41, 5.74) is 1.56. The number of nitrogens with zero attached hydrogens (tertiary/aromatic N) is 1. The first-order valence-electron chi connectivity index (χ1n) is 5.30. The normalized spacial score (nSPS) is 10.5. The summed E-state index contributed by atoms with van der Waals surface area (Å²) < 4.78 is 5.54. The third-order valence-electron chi connectivity index (χ3n) is 2.43. The molecule has 1 heterocycles. The topological polar surface area (TPSA) is 43.1 Å². The molecular formula is C13H12ClNO2. The van der Waals surface area contributed by atoms with E-state index in [0.717, 1.165) is 5.56 Å². The molecule has 0 N–H and O–H groups in total. The molecule has 2 rings (SSSR count). The summed E-state index contributed by atoms with van der Waals surface area (Å²) in [6.07, 6.45) is 0.228. The Labute approximate surface area is 104 Å². The third-order valence-corrected chi connectivity index (χ3v) is 2.73. The van der Waals surface area contributed by atoms with Crippen molar-refractivity contribution in [2.75, 3.05) is 5.88 Å². The number of rotatable bonds is 4. The van der Waals surface area contributed by atoms with E-state index in [1.165, 1.54) is 0 Å². The largest absolute Gasteiger partial charge is 0.441 e. The van der Waals surface area contributed by atoms with Crippen LogP contribution in [0.4, 0.5) is 0 Å². The molecule has 2 aromatic rings. The second-order valence-corrected chi connectivity index (χ2v) is 4.00. The maximum Gasteiger partial charge on any atom is 0.226 e. The summed E-state index contributed by atoms with van der Waals surface area (Å²) in [6.45, 7) is 1.80. The molecule has 88 valence electrons. The van der Waals surface area contributed by atoms with Crippen LogP contribution in [0, 0.1) is 6.92 Å². The second kappa shape index (κ2) is 5.15. The molecule has 0 unspecified atom stereocenters. The molecule has 3 nitrogen and oxygen atoms in total. The molecule has 0 bridgehead atoms. The van der Waals surface area contributed by atoms with Crippen molar-refractivity contribution in [1.29, 1.82) is 0 Å². The SMILES string of the molecule is Cc1oc(-c2ccccc2)nc1CC(=O)CCl. The van der Waals surface area contributed by atoms with Crippen LogP contribution in [-0.4, -0.2) is 16.6 Å². The molecule has 4 heteroatoms. The van der Waals surface area contributed by atoms with E-state index in [-0.39, 0.29) is 18.1 Å². The van der Waals surface area contributed by atoms with Gasteiger partial charge in [0.25, 0.3) is 0 Å². The predicted octanol–water partition coefficient (Wildman–Crippen LogP) is 3.00. The number of aromatic nitrogens is 1. The van der Waals surface area contributed by atoms with Gasteiger partial charge in [-0.25, -0.2) is 4.98 Å². The highest BCUT2D eigenvalue weighted by Crippen LogP contribution is 2.21. The van der Waals surface area contributed by atoms with Crippen molar-refractivity contribution >= 4 is 17.4 Å². The van der Waals surface area contributed by atoms with E-state index in [1.54, 1.807) is 6.92 Å². The molecule has 17 heavy (non-hydrogen) atoms. The number of Topliss-reactive ketones (excluding diaryl/α,β-unsaturated/α-hetero) is 1. The lowest BCUT2D eigenvalue weighted by Crippen LogP contribution is -2.05. The van der Waals surface area contributed by atoms with E-state index in [2.05, 4.69) is 4.98 Å².